The normalized spacial score (nSPS) is 12.4. The van der Waals surface area contributed by atoms with Crippen molar-refractivity contribution in [1.82, 2.24) is 0 Å². The van der Waals surface area contributed by atoms with Gasteiger partial charge in [0.05, 0.1) is 12.7 Å². The van der Waals surface area contributed by atoms with Gasteiger partial charge in [0.2, 0.25) is 0 Å². The fourth-order valence-electron chi connectivity index (χ4n) is 1.17. The quantitative estimate of drug-likeness (QED) is 0.805. The third-order valence-electron chi connectivity index (χ3n) is 2.44. The van der Waals surface area contributed by atoms with Gasteiger partial charge in [0.25, 0.3) is 0 Å². The van der Waals surface area contributed by atoms with Crippen molar-refractivity contribution >= 4 is 17.2 Å². The van der Waals surface area contributed by atoms with Crippen molar-refractivity contribution < 1.29 is 9.13 Å². The Hall–Kier alpha value is -1.00. The Morgan fingerprint density at radius 1 is 1.56 bits per heavy atom. The number of rotatable bonds is 5. The zero-order chi connectivity index (χ0) is 12.1. The van der Waals surface area contributed by atoms with E-state index in [2.05, 4.69) is 0 Å². The maximum atomic E-state index is 13.6. The van der Waals surface area contributed by atoms with E-state index >= 15 is 0 Å². The second kappa shape index (κ2) is 5.92. The molecule has 1 rings (SSSR count). The van der Waals surface area contributed by atoms with Crippen LogP contribution in [0.15, 0.2) is 18.2 Å². The molecule has 1 unspecified atom stereocenters. The predicted octanol–water partition coefficient (Wildman–Crippen LogP) is 2.78. The fraction of sp³-hybridized carbons (Fsp3) is 0.417. The molecule has 0 aromatic heterocycles. The molecular weight excluding hydrogens is 225 g/mol. The van der Waals surface area contributed by atoms with Gasteiger partial charge in [0.15, 0.2) is 0 Å². The lowest BCUT2D eigenvalue weighted by molar-refractivity contribution is 0.0492. The SMILES string of the molecule is CCC(C)OCc1ccc(C(N)=S)cc1F. The second-order valence-electron chi connectivity index (χ2n) is 3.70. The molecule has 0 aliphatic rings. The highest BCUT2D eigenvalue weighted by molar-refractivity contribution is 7.80. The molecule has 1 atom stereocenters. The minimum Gasteiger partial charge on any atom is -0.389 e. The molecule has 0 aliphatic carbocycles. The van der Waals surface area contributed by atoms with E-state index in [-0.39, 0.29) is 23.5 Å². The first-order chi connectivity index (χ1) is 7.54. The molecule has 0 spiro atoms. The molecule has 0 amide bonds. The average molecular weight is 241 g/mol. The first-order valence-corrected chi connectivity index (χ1v) is 5.65. The zero-order valence-electron chi connectivity index (χ0n) is 9.50. The lowest BCUT2D eigenvalue weighted by atomic mass is 10.1. The maximum absolute atomic E-state index is 13.6. The first kappa shape index (κ1) is 13.1. The van der Waals surface area contributed by atoms with Crippen molar-refractivity contribution in [2.24, 2.45) is 5.73 Å². The van der Waals surface area contributed by atoms with Crippen LogP contribution in [0, 0.1) is 5.82 Å². The van der Waals surface area contributed by atoms with Crippen molar-refractivity contribution in [1.29, 1.82) is 0 Å². The number of hydrogen-bond donors (Lipinski definition) is 1. The number of thiocarbonyl (C=S) groups is 1. The van der Waals surface area contributed by atoms with Crippen LogP contribution in [0.4, 0.5) is 4.39 Å². The maximum Gasteiger partial charge on any atom is 0.129 e. The van der Waals surface area contributed by atoms with Gasteiger partial charge in [-0.2, -0.15) is 0 Å². The van der Waals surface area contributed by atoms with Crippen LogP contribution in [-0.2, 0) is 11.3 Å². The summed E-state index contributed by atoms with van der Waals surface area (Å²) < 4.78 is 19.0. The Labute approximate surface area is 101 Å². The molecule has 0 saturated heterocycles. The third-order valence-corrected chi connectivity index (χ3v) is 2.67. The molecule has 4 heteroatoms. The Balaban J connectivity index is 2.72. The van der Waals surface area contributed by atoms with Crippen LogP contribution in [0.25, 0.3) is 0 Å². The first-order valence-electron chi connectivity index (χ1n) is 5.24. The molecule has 2 N–H and O–H groups in total. The largest absolute Gasteiger partial charge is 0.389 e. The lowest BCUT2D eigenvalue weighted by Crippen LogP contribution is -2.11. The van der Waals surface area contributed by atoms with Gasteiger partial charge in [0, 0.05) is 11.1 Å². The minimum atomic E-state index is -0.325. The number of benzene rings is 1. The van der Waals surface area contributed by atoms with Crippen molar-refractivity contribution in [3.05, 3.63) is 35.1 Å². The number of hydrogen-bond acceptors (Lipinski definition) is 2. The Morgan fingerprint density at radius 2 is 2.25 bits per heavy atom. The summed E-state index contributed by atoms with van der Waals surface area (Å²) in [6, 6.07) is 4.71. The van der Waals surface area contributed by atoms with Gasteiger partial charge in [-0.05, 0) is 19.4 Å². The summed E-state index contributed by atoms with van der Waals surface area (Å²) in [6.45, 7) is 4.26. The molecule has 88 valence electrons. The monoisotopic (exact) mass is 241 g/mol. The molecule has 0 bridgehead atoms. The Bertz CT molecular complexity index is 381. The molecule has 2 nitrogen and oxygen atoms in total. The van der Waals surface area contributed by atoms with Crippen LogP contribution in [0.2, 0.25) is 0 Å². The predicted molar refractivity (Wildman–Crippen MR) is 66.8 cm³/mol. The molecule has 1 aromatic rings. The molecular formula is C12H16FNOS. The van der Waals surface area contributed by atoms with E-state index in [0.29, 0.717) is 11.1 Å². The van der Waals surface area contributed by atoms with Crippen LogP contribution in [0.1, 0.15) is 31.4 Å². The molecule has 1 aromatic carbocycles. The van der Waals surface area contributed by atoms with Crippen LogP contribution < -0.4 is 5.73 Å². The van der Waals surface area contributed by atoms with Gasteiger partial charge in [-0.15, -0.1) is 0 Å². The van der Waals surface area contributed by atoms with E-state index in [1.807, 2.05) is 13.8 Å². The van der Waals surface area contributed by atoms with Crippen LogP contribution in [0.5, 0.6) is 0 Å². The van der Waals surface area contributed by atoms with Gasteiger partial charge in [0.1, 0.15) is 10.8 Å². The van der Waals surface area contributed by atoms with Crippen LogP contribution in [0.3, 0.4) is 0 Å². The van der Waals surface area contributed by atoms with Gasteiger partial charge in [-0.1, -0.05) is 31.3 Å². The molecule has 0 heterocycles. The number of ether oxygens (including phenoxy) is 1. The molecule has 0 radical (unpaired) electrons. The molecule has 0 saturated carbocycles. The van der Waals surface area contributed by atoms with E-state index in [4.69, 9.17) is 22.7 Å². The van der Waals surface area contributed by atoms with E-state index in [0.717, 1.165) is 6.42 Å². The standard InChI is InChI=1S/C12H16FNOS/c1-3-8(2)15-7-10-5-4-9(12(14)16)6-11(10)13/h4-6,8H,3,7H2,1-2H3,(H2,14,16). The number of halogens is 1. The van der Waals surface area contributed by atoms with E-state index in [1.165, 1.54) is 6.07 Å². The van der Waals surface area contributed by atoms with E-state index in [1.54, 1.807) is 12.1 Å². The van der Waals surface area contributed by atoms with Crippen molar-refractivity contribution in [2.75, 3.05) is 0 Å². The second-order valence-corrected chi connectivity index (χ2v) is 4.14. The highest BCUT2D eigenvalue weighted by Gasteiger charge is 2.07. The number of nitrogens with two attached hydrogens (primary N) is 1. The summed E-state index contributed by atoms with van der Waals surface area (Å²) >= 11 is 4.77. The van der Waals surface area contributed by atoms with Gasteiger partial charge in [-0.25, -0.2) is 4.39 Å². The Kier molecular flexibility index (Phi) is 4.83. The topological polar surface area (TPSA) is 35.2 Å². The van der Waals surface area contributed by atoms with Gasteiger partial charge < -0.3 is 10.5 Å². The Morgan fingerprint density at radius 3 is 2.75 bits per heavy atom. The zero-order valence-corrected chi connectivity index (χ0v) is 10.3. The van der Waals surface area contributed by atoms with Crippen molar-refractivity contribution in [2.45, 2.75) is 33.0 Å². The fourth-order valence-corrected chi connectivity index (χ4v) is 1.29. The minimum absolute atomic E-state index is 0.134. The lowest BCUT2D eigenvalue weighted by Gasteiger charge is -2.11. The van der Waals surface area contributed by atoms with Crippen molar-refractivity contribution in [3.63, 3.8) is 0 Å². The van der Waals surface area contributed by atoms with Gasteiger partial charge in [-0.3, -0.25) is 0 Å². The van der Waals surface area contributed by atoms with Crippen molar-refractivity contribution in [3.8, 4) is 0 Å². The summed E-state index contributed by atoms with van der Waals surface area (Å²) in [5.41, 5.74) is 6.48. The molecule has 0 aliphatic heterocycles. The van der Waals surface area contributed by atoms with Gasteiger partial charge >= 0.3 is 0 Å². The molecule has 0 fully saturated rings. The van der Waals surface area contributed by atoms with Crippen LogP contribution in [-0.4, -0.2) is 11.1 Å². The van der Waals surface area contributed by atoms with E-state index < -0.39 is 0 Å². The average Bonchev–Trinajstić information content (AvgIpc) is 2.26. The third kappa shape index (κ3) is 3.54. The van der Waals surface area contributed by atoms with Crippen LogP contribution >= 0.6 is 12.2 Å². The van der Waals surface area contributed by atoms with E-state index in [9.17, 15) is 4.39 Å². The smallest absolute Gasteiger partial charge is 0.129 e. The summed E-state index contributed by atoms with van der Waals surface area (Å²) in [5, 5.41) is 0. The molecule has 16 heavy (non-hydrogen) atoms. The summed E-state index contributed by atoms with van der Waals surface area (Å²) in [6.07, 6.45) is 1.04. The summed E-state index contributed by atoms with van der Waals surface area (Å²) in [7, 11) is 0. The summed E-state index contributed by atoms with van der Waals surface area (Å²) in [5.74, 6) is -0.325. The highest BCUT2D eigenvalue weighted by Crippen LogP contribution is 2.13. The summed E-state index contributed by atoms with van der Waals surface area (Å²) in [4.78, 5) is 0.202. The highest BCUT2D eigenvalue weighted by atomic mass is 32.1.